The van der Waals surface area contributed by atoms with E-state index in [0.29, 0.717) is 0 Å². The van der Waals surface area contributed by atoms with Crippen molar-refractivity contribution in [3.8, 4) is 11.8 Å². The first-order valence-corrected chi connectivity index (χ1v) is 5.89. The molecule has 0 aliphatic carbocycles. The standard InChI is InChI=1S/C10H6BrF5N2O/c11-3-6-7(9(12)13)8(19-10(14,15)16)5(1-2-17)4-18-6/h4,9H,1,3H2. The molecule has 0 atom stereocenters. The van der Waals surface area contributed by atoms with Crippen LogP contribution in [-0.2, 0) is 11.8 Å². The van der Waals surface area contributed by atoms with Crippen LogP contribution in [0.5, 0.6) is 5.75 Å². The van der Waals surface area contributed by atoms with Crippen LogP contribution in [0.3, 0.4) is 0 Å². The molecule has 0 saturated heterocycles. The lowest BCUT2D eigenvalue weighted by Gasteiger charge is -2.17. The number of ether oxygens (including phenoxy) is 1. The average molecular weight is 345 g/mol. The van der Waals surface area contributed by atoms with Crippen LogP contribution in [0.25, 0.3) is 0 Å². The van der Waals surface area contributed by atoms with Gasteiger partial charge in [0.1, 0.15) is 5.75 Å². The van der Waals surface area contributed by atoms with Crippen LogP contribution in [0.15, 0.2) is 6.20 Å². The van der Waals surface area contributed by atoms with Gasteiger partial charge in [0.05, 0.1) is 23.7 Å². The van der Waals surface area contributed by atoms with Crippen molar-refractivity contribution in [2.75, 3.05) is 0 Å². The minimum Gasteiger partial charge on any atom is -0.405 e. The molecule has 1 aromatic heterocycles. The third kappa shape index (κ3) is 4.02. The first-order valence-electron chi connectivity index (χ1n) is 4.77. The van der Waals surface area contributed by atoms with E-state index in [2.05, 4.69) is 25.7 Å². The Morgan fingerprint density at radius 3 is 2.47 bits per heavy atom. The van der Waals surface area contributed by atoms with Crippen molar-refractivity contribution in [2.24, 2.45) is 0 Å². The number of alkyl halides is 6. The zero-order chi connectivity index (χ0) is 14.6. The molecule has 0 spiro atoms. The summed E-state index contributed by atoms with van der Waals surface area (Å²) in [5.41, 5.74) is -1.56. The Hall–Kier alpha value is -1.43. The van der Waals surface area contributed by atoms with Gasteiger partial charge in [-0.15, -0.1) is 13.2 Å². The Morgan fingerprint density at radius 2 is 2.05 bits per heavy atom. The molecule has 0 aliphatic rings. The molecule has 0 aromatic carbocycles. The summed E-state index contributed by atoms with van der Waals surface area (Å²) in [5, 5.41) is 8.33. The fourth-order valence-electron chi connectivity index (χ4n) is 1.37. The molecule has 1 aromatic rings. The molecule has 19 heavy (non-hydrogen) atoms. The lowest BCUT2D eigenvalue weighted by Crippen LogP contribution is -2.20. The Labute approximate surface area is 113 Å². The normalized spacial score (nSPS) is 11.5. The fourth-order valence-corrected chi connectivity index (χ4v) is 1.81. The van der Waals surface area contributed by atoms with Crippen LogP contribution in [0.1, 0.15) is 23.2 Å². The number of pyridine rings is 1. The highest BCUT2D eigenvalue weighted by molar-refractivity contribution is 9.08. The smallest absolute Gasteiger partial charge is 0.405 e. The summed E-state index contributed by atoms with van der Waals surface area (Å²) >= 11 is 2.86. The van der Waals surface area contributed by atoms with E-state index in [1.807, 2.05) is 0 Å². The minimum atomic E-state index is -5.13. The van der Waals surface area contributed by atoms with Gasteiger partial charge in [-0.1, -0.05) is 15.9 Å². The predicted molar refractivity (Wildman–Crippen MR) is 57.8 cm³/mol. The Bertz CT molecular complexity index is 498. The van der Waals surface area contributed by atoms with Crippen LogP contribution in [0.4, 0.5) is 22.0 Å². The number of nitrogens with zero attached hydrogens (tertiary/aromatic N) is 2. The highest BCUT2D eigenvalue weighted by Crippen LogP contribution is 2.38. The van der Waals surface area contributed by atoms with Gasteiger partial charge in [-0.3, -0.25) is 4.98 Å². The van der Waals surface area contributed by atoms with Gasteiger partial charge < -0.3 is 4.74 Å². The van der Waals surface area contributed by atoms with Crippen LogP contribution in [0, 0.1) is 11.3 Å². The summed E-state index contributed by atoms with van der Waals surface area (Å²) in [6.45, 7) is 0. The third-order valence-electron chi connectivity index (χ3n) is 2.06. The van der Waals surface area contributed by atoms with Gasteiger partial charge in [-0.05, 0) is 0 Å². The minimum absolute atomic E-state index is 0.159. The Morgan fingerprint density at radius 1 is 1.42 bits per heavy atom. The molecule has 0 radical (unpaired) electrons. The number of nitriles is 1. The first-order chi connectivity index (χ1) is 8.80. The Balaban J connectivity index is 3.45. The first kappa shape index (κ1) is 15.6. The van der Waals surface area contributed by atoms with Crippen molar-refractivity contribution in [3.63, 3.8) is 0 Å². The van der Waals surface area contributed by atoms with E-state index in [1.165, 1.54) is 0 Å². The van der Waals surface area contributed by atoms with E-state index in [9.17, 15) is 22.0 Å². The molecule has 0 bridgehead atoms. The predicted octanol–water partition coefficient (Wildman–Crippen LogP) is 3.88. The van der Waals surface area contributed by atoms with Crippen LogP contribution in [0.2, 0.25) is 0 Å². The van der Waals surface area contributed by atoms with E-state index in [1.54, 1.807) is 6.07 Å². The van der Waals surface area contributed by atoms with Gasteiger partial charge in [0.2, 0.25) is 0 Å². The third-order valence-corrected chi connectivity index (χ3v) is 2.59. The quantitative estimate of drug-likeness (QED) is 0.615. The van der Waals surface area contributed by atoms with Gasteiger partial charge in [-0.25, -0.2) is 8.78 Å². The molecule has 0 unspecified atom stereocenters. The lowest BCUT2D eigenvalue weighted by molar-refractivity contribution is -0.275. The largest absolute Gasteiger partial charge is 0.573 e. The number of halogens is 6. The van der Waals surface area contributed by atoms with Crippen LogP contribution >= 0.6 is 15.9 Å². The molecule has 0 aliphatic heterocycles. The van der Waals surface area contributed by atoms with Crippen molar-refractivity contribution in [1.82, 2.24) is 4.98 Å². The highest BCUT2D eigenvalue weighted by atomic mass is 79.9. The van der Waals surface area contributed by atoms with Gasteiger partial charge in [0.25, 0.3) is 6.43 Å². The summed E-state index contributed by atoms with van der Waals surface area (Å²) in [4.78, 5) is 3.60. The van der Waals surface area contributed by atoms with E-state index in [-0.39, 0.29) is 16.6 Å². The van der Waals surface area contributed by atoms with Crippen molar-refractivity contribution < 1.29 is 26.7 Å². The maximum Gasteiger partial charge on any atom is 0.573 e. The molecule has 1 rings (SSSR count). The second-order valence-electron chi connectivity index (χ2n) is 3.29. The second-order valence-corrected chi connectivity index (χ2v) is 3.85. The van der Waals surface area contributed by atoms with E-state index in [4.69, 9.17) is 5.26 Å². The number of hydrogen-bond acceptors (Lipinski definition) is 3. The summed E-state index contributed by atoms with van der Waals surface area (Å²) in [5.74, 6) is -1.05. The molecular formula is C10H6BrF5N2O. The van der Waals surface area contributed by atoms with Gasteiger partial charge in [0, 0.05) is 17.1 Å². The van der Waals surface area contributed by atoms with Gasteiger partial charge >= 0.3 is 6.36 Å². The average Bonchev–Trinajstić information content (AvgIpc) is 2.28. The number of hydrogen-bond donors (Lipinski definition) is 0. The van der Waals surface area contributed by atoms with Crippen molar-refractivity contribution in [2.45, 2.75) is 24.5 Å². The molecule has 0 saturated carbocycles. The molecule has 0 amide bonds. The summed E-state index contributed by atoms with van der Waals surface area (Å²) < 4.78 is 66.2. The molecule has 1 heterocycles. The fraction of sp³-hybridized carbons (Fsp3) is 0.400. The van der Waals surface area contributed by atoms with Crippen molar-refractivity contribution in [3.05, 3.63) is 23.0 Å². The molecule has 0 N–H and O–H groups in total. The zero-order valence-electron chi connectivity index (χ0n) is 9.14. The SMILES string of the molecule is N#CCc1cnc(CBr)c(C(F)F)c1OC(F)(F)F. The van der Waals surface area contributed by atoms with Crippen molar-refractivity contribution >= 4 is 15.9 Å². The molecule has 104 valence electrons. The maximum atomic E-state index is 12.9. The number of rotatable bonds is 4. The zero-order valence-corrected chi connectivity index (χ0v) is 10.7. The molecule has 9 heteroatoms. The number of aromatic nitrogens is 1. The maximum absolute atomic E-state index is 12.9. The van der Waals surface area contributed by atoms with E-state index < -0.39 is 30.5 Å². The Kier molecular flexibility index (Phi) is 5.05. The van der Waals surface area contributed by atoms with Crippen molar-refractivity contribution in [1.29, 1.82) is 5.26 Å². The molecule has 0 fully saturated rings. The monoisotopic (exact) mass is 344 g/mol. The summed E-state index contributed by atoms with van der Waals surface area (Å²) in [6, 6.07) is 1.57. The topological polar surface area (TPSA) is 45.9 Å². The van der Waals surface area contributed by atoms with E-state index in [0.717, 1.165) is 6.20 Å². The highest BCUT2D eigenvalue weighted by Gasteiger charge is 2.35. The molecule has 3 nitrogen and oxygen atoms in total. The van der Waals surface area contributed by atoms with Crippen LogP contribution < -0.4 is 4.74 Å². The molecular weight excluding hydrogens is 339 g/mol. The second kappa shape index (κ2) is 6.14. The summed E-state index contributed by atoms with van der Waals surface area (Å²) in [7, 11) is 0. The van der Waals surface area contributed by atoms with E-state index >= 15 is 0 Å². The summed E-state index contributed by atoms with van der Waals surface area (Å²) in [6.07, 6.45) is -7.91. The van der Waals surface area contributed by atoms with Crippen LogP contribution in [-0.4, -0.2) is 11.3 Å². The van der Waals surface area contributed by atoms with Gasteiger partial charge in [0.15, 0.2) is 0 Å². The lowest BCUT2D eigenvalue weighted by atomic mass is 10.1. The van der Waals surface area contributed by atoms with Gasteiger partial charge in [-0.2, -0.15) is 5.26 Å².